The van der Waals surface area contributed by atoms with Gasteiger partial charge in [0.15, 0.2) is 0 Å². The number of hydrogen-bond donors (Lipinski definition) is 0. The van der Waals surface area contributed by atoms with Crippen LogP contribution in [0.1, 0.15) is 6.92 Å². The van der Waals surface area contributed by atoms with E-state index in [0.717, 1.165) is 45.3 Å². The lowest BCUT2D eigenvalue weighted by Crippen LogP contribution is -2.15. The molecule has 4 heteroatoms. The summed E-state index contributed by atoms with van der Waals surface area (Å²) in [4.78, 5) is 7.10. The van der Waals surface area contributed by atoms with Gasteiger partial charge in [-0.2, -0.15) is 0 Å². The molecule has 2 heterocycles. The zero-order valence-corrected chi connectivity index (χ0v) is 33.1. The van der Waals surface area contributed by atoms with E-state index in [-0.39, 0.29) is 0 Å². The average Bonchev–Trinajstić information content (AvgIpc) is 3.92. The largest absolute Gasteiger partial charge is 0.311 e. The van der Waals surface area contributed by atoms with Gasteiger partial charge in [0.05, 0.1) is 0 Å². The Morgan fingerprint density at radius 3 is 1.32 bits per heavy atom. The molecule has 0 aliphatic heterocycles. The second kappa shape index (κ2) is 16.1. The maximum atomic E-state index is 5.66. The maximum absolute atomic E-state index is 5.66. The maximum Gasteiger partial charge on any atom is 0.0462 e. The number of terminal acetylenes is 1. The molecule has 0 bridgehead atoms. The van der Waals surface area contributed by atoms with Crippen LogP contribution in [0.5, 0.6) is 0 Å². The van der Waals surface area contributed by atoms with Gasteiger partial charge in [0, 0.05) is 53.3 Å². The number of rotatable bonds is 10. The van der Waals surface area contributed by atoms with Crippen molar-refractivity contribution in [1.82, 2.24) is 0 Å². The highest BCUT2D eigenvalue weighted by atomic mass is 32.1. The van der Waals surface area contributed by atoms with E-state index in [1.54, 1.807) is 6.08 Å². The van der Waals surface area contributed by atoms with Crippen LogP contribution in [0.15, 0.2) is 212 Å². The molecule has 7 aromatic carbocycles. The van der Waals surface area contributed by atoms with E-state index < -0.39 is 0 Å². The van der Waals surface area contributed by atoms with Gasteiger partial charge in [0.1, 0.15) is 0 Å². The van der Waals surface area contributed by atoms with Gasteiger partial charge < -0.3 is 9.80 Å². The molecule has 9 aromatic rings. The third kappa shape index (κ3) is 7.43. The molecular weight excluding hydrogens is 729 g/mol. The molecular formula is C53H38N2S2. The Hall–Kier alpha value is -6.90. The SMILES string of the molecule is C#C/C=C\C(=C/C)N(c1ccc(-c2ccc(N(c3ccccc3)c3ccc(-c4cc5ccccc5s4)cc3)cc2)cc1)c1ccc(-c2cc3ccccc3s2)cc1. The Balaban J connectivity index is 0.991. The topological polar surface area (TPSA) is 6.48 Å². The Morgan fingerprint density at radius 2 is 0.877 bits per heavy atom. The minimum atomic E-state index is 0.998. The second-order valence-corrected chi connectivity index (χ2v) is 15.9. The van der Waals surface area contributed by atoms with Gasteiger partial charge >= 0.3 is 0 Å². The van der Waals surface area contributed by atoms with Crippen molar-refractivity contribution in [2.24, 2.45) is 0 Å². The summed E-state index contributed by atoms with van der Waals surface area (Å²) in [5.74, 6) is 2.66. The molecule has 2 nitrogen and oxygen atoms in total. The number of thiophene rings is 2. The molecule has 0 amide bonds. The van der Waals surface area contributed by atoms with E-state index in [1.807, 2.05) is 35.7 Å². The van der Waals surface area contributed by atoms with Gasteiger partial charge in [-0.1, -0.05) is 115 Å². The molecule has 0 aliphatic carbocycles. The van der Waals surface area contributed by atoms with Crippen LogP contribution in [0.2, 0.25) is 0 Å². The summed E-state index contributed by atoms with van der Waals surface area (Å²) >= 11 is 3.66. The Kier molecular flexibility index (Phi) is 10.1. The van der Waals surface area contributed by atoms with Crippen LogP contribution >= 0.6 is 22.7 Å². The predicted molar refractivity (Wildman–Crippen MR) is 249 cm³/mol. The van der Waals surface area contributed by atoms with Crippen molar-refractivity contribution in [2.45, 2.75) is 6.92 Å². The number of anilines is 5. The van der Waals surface area contributed by atoms with E-state index in [1.165, 1.54) is 41.1 Å². The minimum absolute atomic E-state index is 0.998. The normalized spacial score (nSPS) is 11.6. The fourth-order valence-electron chi connectivity index (χ4n) is 7.31. The zero-order valence-electron chi connectivity index (χ0n) is 31.4. The lowest BCUT2D eigenvalue weighted by molar-refractivity contribution is 1.20. The third-order valence-corrected chi connectivity index (χ3v) is 12.5. The van der Waals surface area contributed by atoms with Crippen LogP contribution < -0.4 is 9.80 Å². The summed E-state index contributed by atoms with van der Waals surface area (Å²) in [5.41, 5.74) is 11.1. The Labute approximate surface area is 342 Å². The van der Waals surface area contributed by atoms with Gasteiger partial charge in [0.2, 0.25) is 0 Å². The summed E-state index contributed by atoms with van der Waals surface area (Å²) in [6, 6.07) is 67.6. The first-order valence-corrected chi connectivity index (χ1v) is 20.6. The lowest BCUT2D eigenvalue weighted by atomic mass is 10.0. The van der Waals surface area contributed by atoms with E-state index in [2.05, 4.69) is 210 Å². The van der Waals surface area contributed by atoms with Crippen LogP contribution in [0.4, 0.5) is 28.4 Å². The Bertz CT molecular complexity index is 2820. The second-order valence-electron chi connectivity index (χ2n) is 13.7. The monoisotopic (exact) mass is 766 g/mol. The molecule has 2 aromatic heterocycles. The number of allylic oxidation sites excluding steroid dienone is 3. The Morgan fingerprint density at radius 1 is 0.474 bits per heavy atom. The van der Waals surface area contributed by atoms with Crippen molar-refractivity contribution in [1.29, 1.82) is 0 Å². The molecule has 0 saturated heterocycles. The van der Waals surface area contributed by atoms with Gasteiger partial charge in [-0.25, -0.2) is 0 Å². The number of para-hydroxylation sites is 1. The van der Waals surface area contributed by atoms with Crippen molar-refractivity contribution < 1.29 is 0 Å². The van der Waals surface area contributed by atoms with Crippen LogP contribution in [-0.2, 0) is 0 Å². The van der Waals surface area contributed by atoms with Crippen LogP contribution in [0.25, 0.3) is 52.2 Å². The van der Waals surface area contributed by atoms with Crippen LogP contribution in [-0.4, -0.2) is 0 Å². The molecule has 272 valence electrons. The summed E-state index contributed by atoms with van der Waals surface area (Å²) in [7, 11) is 0. The molecule has 0 N–H and O–H groups in total. The molecule has 0 saturated carbocycles. The fourth-order valence-corrected chi connectivity index (χ4v) is 9.44. The van der Waals surface area contributed by atoms with Crippen molar-refractivity contribution in [2.75, 3.05) is 9.80 Å². The number of benzene rings is 7. The number of fused-ring (bicyclic) bond motifs is 2. The van der Waals surface area contributed by atoms with Crippen molar-refractivity contribution >= 4 is 71.3 Å². The van der Waals surface area contributed by atoms with Crippen molar-refractivity contribution in [3.05, 3.63) is 212 Å². The third-order valence-electron chi connectivity index (χ3n) is 10.2. The highest BCUT2D eigenvalue weighted by Gasteiger charge is 2.16. The first-order chi connectivity index (χ1) is 28.1. The van der Waals surface area contributed by atoms with Crippen molar-refractivity contribution in [3.63, 3.8) is 0 Å². The first-order valence-electron chi connectivity index (χ1n) is 19.0. The number of hydrogen-bond acceptors (Lipinski definition) is 4. The van der Waals surface area contributed by atoms with Crippen LogP contribution in [0, 0.1) is 12.3 Å². The molecule has 0 fully saturated rings. The zero-order chi connectivity index (χ0) is 38.6. The minimum Gasteiger partial charge on any atom is -0.311 e. The van der Waals surface area contributed by atoms with Crippen molar-refractivity contribution in [3.8, 4) is 44.4 Å². The molecule has 0 unspecified atom stereocenters. The van der Waals surface area contributed by atoms with Gasteiger partial charge in [-0.3, -0.25) is 0 Å². The highest BCUT2D eigenvalue weighted by Crippen LogP contribution is 2.40. The van der Waals surface area contributed by atoms with E-state index in [9.17, 15) is 0 Å². The molecule has 0 atom stereocenters. The molecule has 0 aliphatic rings. The van der Waals surface area contributed by atoms with Gasteiger partial charge in [-0.15, -0.1) is 29.1 Å². The molecule has 57 heavy (non-hydrogen) atoms. The first kappa shape index (κ1) is 35.8. The summed E-state index contributed by atoms with van der Waals surface area (Å²) in [6.07, 6.45) is 11.5. The lowest BCUT2D eigenvalue weighted by Gasteiger charge is -2.27. The van der Waals surface area contributed by atoms with E-state index in [4.69, 9.17) is 6.42 Å². The quantitative estimate of drug-likeness (QED) is 0.101. The van der Waals surface area contributed by atoms with E-state index in [0.29, 0.717) is 0 Å². The van der Waals surface area contributed by atoms with E-state index >= 15 is 0 Å². The summed E-state index contributed by atoms with van der Waals surface area (Å²) < 4.78 is 2.61. The van der Waals surface area contributed by atoms with Crippen LogP contribution in [0.3, 0.4) is 0 Å². The standard InChI is InChI=1S/C53H38N2S2/c1-3-5-15-44(4-2)54(47-32-24-40(25-33-47)52-36-42-13-9-11-18-50(42)56-52)46-28-20-38(21-29-46)39-22-30-48(31-23-39)55(45-16-7-6-8-17-45)49-34-26-41(27-35-49)53-37-43-14-10-12-19-51(43)57-53/h1,4-37H,2H3/b15-5-,44-4+. The van der Waals surface area contributed by atoms with Gasteiger partial charge in [0.25, 0.3) is 0 Å². The predicted octanol–water partition coefficient (Wildman–Crippen LogP) is 15.8. The average molecular weight is 767 g/mol. The molecule has 0 radical (unpaired) electrons. The summed E-state index contributed by atoms with van der Waals surface area (Å²) in [6.45, 7) is 2.04. The number of nitrogens with zero attached hydrogens (tertiary/aromatic N) is 2. The highest BCUT2D eigenvalue weighted by molar-refractivity contribution is 7.22. The summed E-state index contributed by atoms with van der Waals surface area (Å²) in [5, 5.41) is 2.56. The molecule has 0 spiro atoms. The van der Waals surface area contributed by atoms with Gasteiger partial charge in [-0.05, 0) is 137 Å². The fraction of sp³-hybridized carbons (Fsp3) is 0.0189. The molecule has 9 rings (SSSR count). The smallest absolute Gasteiger partial charge is 0.0462 e.